The zero-order chi connectivity index (χ0) is 19.1. The summed E-state index contributed by atoms with van der Waals surface area (Å²) in [5.41, 5.74) is 13.4. The maximum Gasteiger partial charge on any atom is 0.266 e. The number of aromatic nitrogens is 1. The molecule has 0 aromatic carbocycles. The van der Waals surface area contributed by atoms with E-state index in [0.29, 0.717) is 38.0 Å². The number of fused-ring (bicyclic) bond motifs is 1. The number of pyridine rings is 1. The van der Waals surface area contributed by atoms with E-state index in [-0.39, 0.29) is 17.3 Å². The van der Waals surface area contributed by atoms with Crippen LogP contribution in [0.1, 0.15) is 35.0 Å². The number of nitrogen functional groups attached to an aromatic ring is 2. The largest absolute Gasteiger partial charge is 0.464 e. The molecular formula is C19H19N5O2S. The summed E-state index contributed by atoms with van der Waals surface area (Å²) >= 11 is 1.21. The maximum absolute atomic E-state index is 13.1. The standard InChI is InChI=1S/C19H19N5O2S/c1-10-4-2-6-24(9-10)19(25)16-15(21)14-13(12-5-3-7-26-12)11(8-20)17(22)23-18(14)27-16/h3,5,7,10H,2,4,6,9,21H2,1H3,(H2,22,23). The molecule has 0 spiro atoms. The van der Waals surface area contributed by atoms with Crippen molar-refractivity contribution in [3.05, 3.63) is 28.8 Å². The summed E-state index contributed by atoms with van der Waals surface area (Å²) < 4.78 is 5.50. The Kier molecular flexibility index (Phi) is 4.24. The highest BCUT2D eigenvalue weighted by molar-refractivity contribution is 7.21. The summed E-state index contributed by atoms with van der Waals surface area (Å²) in [6.45, 7) is 3.58. The molecule has 27 heavy (non-hydrogen) atoms. The number of amides is 1. The molecule has 1 aliphatic heterocycles. The normalized spacial score (nSPS) is 17.2. The summed E-state index contributed by atoms with van der Waals surface area (Å²) in [4.78, 5) is 20.2. The summed E-state index contributed by atoms with van der Waals surface area (Å²) in [5, 5.41) is 10.1. The van der Waals surface area contributed by atoms with E-state index < -0.39 is 0 Å². The van der Waals surface area contributed by atoms with Gasteiger partial charge in [0.05, 0.1) is 17.5 Å². The Balaban J connectivity index is 1.91. The number of hydrogen-bond donors (Lipinski definition) is 2. The van der Waals surface area contributed by atoms with E-state index in [1.54, 1.807) is 12.1 Å². The van der Waals surface area contributed by atoms with Gasteiger partial charge in [0.15, 0.2) is 0 Å². The van der Waals surface area contributed by atoms with Crippen LogP contribution in [0.2, 0.25) is 0 Å². The number of furan rings is 1. The fraction of sp³-hybridized carbons (Fsp3) is 0.316. The van der Waals surface area contributed by atoms with Crippen LogP contribution in [0.5, 0.6) is 0 Å². The van der Waals surface area contributed by atoms with Gasteiger partial charge in [0.1, 0.15) is 32.9 Å². The van der Waals surface area contributed by atoms with Gasteiger partial charge in [-0.05, 0) is 30.9 Å². The third-order valence-electron chi connectivity index (χ3n) is 4.92. The number of nitrogens with two attached hydrogens (primary N) is 2. The van der Waals surface area contributed by atoms with Gasteiger partial charge in [-0.1, -0.05) is 6.92 Å². The van der Waals surface area contributed by atoms with Gasteiger partial charge in [-0.3, -0.25) is 4.79 Å². The maximum atomic E-state index is 13.1. The second-order valence-electron chi connectivity index (χ2n) is 6.86. The molecule has 3 aromatic rings. The lowest BCUT2D eigenvalue weighted by Gasteiger charge is -2.30. The molecule has 4 N–H and O–H groups in total. The van der Waals surface area contributed by atoms with Crippen LogP contribution in [0, 0.1) is 17.2 Å². The van der Waals surface area contributed by atoms with E-state index in [1.807, 2.05) is 4.90 Å². The number of piperidine rings is 1. The van der Waals surface area contributed by atoms with E-state index in [4.69, 9.17) is 15.9 Å². The number of likely N-dealkylation sites (tertiary alicyclic amines) is 1. The van der Waals surface area contributed by atoms with Crippen LogP contribution in [0.25, 0.3) is 21.5 Å². The van der Waals surface area contributed by atoms with Gasteiger partial charge in [-0.25, -0.2) is 4.98 Å². The molecule has 138 valence electrons. The number of anilines is 2. The molecule has 0 saturated carbocycles. The molecule has 1 amide bonds. The third kappa shape index (κ3) is 2.80. The van der Waals surface area contributed by atoms with Crippen LogP contribution in [0.4, 0.5) is 11.5 Å². The molecule has 0 bridgehead atoms. The summed E-state index contributed by atoms with van der Waals surface area (Å²) in [6.07, 6.45) is 3.62. The first-order chi connectivity index (χ1) is 13.0. The molecule has 7 nitrogen and oxygen atoms in total. The Labute approximate surface area is 160 Å². The Morgan fingerprint density at radius 2 is 2.30 bits per heavy atom. The number of carbonyl (C=O) groups is 1. The lowest BCUT2D eigenvalue weighted by Crippen LogP contribution is -2.39. The van der Waals surface area contributed by atoms with Crippen molar-refractivity contribution in [2.75, 3.05) is 24.6 Å². The van der Waals surface area contributed by atoms with Gasteiger partial charge in [-0.2, -0.15) is 5.26 Å². The van der Waals surface area contributed by atoms with Gasteiger partial charge in [0.25, 0.3) is 5.91 Å². The quantitative estimate of drug-likeness (QED) is 0.701. The predicted molar refractivity (Wildman–Crippen MR) is 105 cm³/mol. The summed E-state index contributed by atoms with van der Waals surface area (Å²) in [5.74, 6) is 0.949. The van der Waals surface area contributed by atoms with E-state index in [1.165, 1.54) is 17.6 Å². The number of carbonyl (C=O) groups excluding carboxylic acids is 1. The van der Waals surface area contributed by atoms with Crippen LogP contribution < -0.4 is 11.5 Å². The predicted octanol–water partition coefficient (Wildman–Crippen LogP) is 3.46. The van der Waals surface area contributed by atoms with Crippen molar-refractivity contribution in [3.8, 4) is 17.4 Å². The van der Waals surface area contributed by atoms with Crippen LogP contribution in [0.3, 0.4) is 0 Å². The Hall–Kier alpha value is -3.05. The Morgan fingerprint density at radius 3 is 2.96 bits per heavy atom. The fourth-order valence-corrected chi connectivity index (χ4v) is 4.71. The number of thiophene rings is 1. The minimum Gasteiger partial charge on any atom is -0.464 e. The molecule has 1 atom stereocenters. The highest BCUT2D eigenvalue weighted by Crippen LogP contribution is 2.43. The molecule has 4 heterocycles. The van der Waals surface area contributed by atoms with Crippen LogP contribution in [0.15, 0.2) is 22.8 Å². The van der Waals surface area contributed by atoms with Gasteiger partial charge in [0.2, 0.25) is 0 Å². The molecule has 1 saturated heterocycles. The summed E-state index contributed by atoms with van der Waals surface area (Å²) in [6, 6.07) is 5.55. The SMILES string of the molecule is CC1CCCN(C(=O)c2sc3nc(N)c(C#N)c(-c4ccco4)c3c2N)C1. The lowest BCUT2D eigenvalue weighted by molar-refractivity contribution is 0.0689. The zero-order valence-corrected chi connectivity index (χ0v) is 15.7. The van der Waals surface area contributed by atoms with Gasteiger partial charge in [-0.15, -0.1) is 11.3 Å². The number of nitrogens with zero attached hydrogens (tertiary/aromatic N) is 3. The number of rotatable bonds is 2. The van der Waals surface area contributed by atoms with Crippen LogP contribution in [-0.4, -0.2) is 28.9 Å². The molecule has 1 aliphatic rings. The van der Waals surface area contributed by atoms with E-state index in [2.05, 4.69) is 18.0 Å². The zero-order valence-electron chi connectivity index (χ0n) is 14.9. The summed E-state index contributed by atoms with van der Waals surface area (Å²) in [7, 11) is 0. The molecule has 4 rings (SSSR count). The topological polar surface area (TPSA) is 122 Å². The van der Waals surface area contributed by atoms with Crippen molar-refractivity contribution in [1.82, 2.24) is 9.88 Å². The average molecular weight is 381 g/mol. The van der Waals surface area contributed by atoms with Gasteiger partial charge in [0, 0.05) is 18.5 Å². The first-order valence-corrected chi connectivity index (χ1v) is 9.57. The van der Waals surface area contributed by atoms with Crippen molar-refractivity contribution in [2.45, 2.75) is 19.8 Å². The molecular weight excluding hydrogens is 362 g/mol. The third-order valence-corrected chi connectivity index (χ3v) is 6.01. The smallest absolute Gasteiger partial charge is 0.266 e. The fourth-order valence-electron chi connectivity index (χ4n) is 3.63. The molecule has 1 unspecified atom stereocenters. The van der Waals surface area contributed by atoms with Crippen molar-refractivity contribution in [1.29, 1.82) is 5.26 Å². The van der Waals surface area contributed by atoms with Crippen molar-refractivity contribution in [3.63, 3.8) is 0 Å². The highest BCUT2D eigenvalue weighted by Gasteiger charge is 2.29. The van der Waals surface area contributed by atoms with Crippen LogP contribution in [-0.2, 0) is 0 Å². The number of nitriles is 1. The highest BCUT2D eigenvalue weighted by atomic mass is 32.1. The van der Waals surface area contributed by atoms with Crippen molar-refractivity contribution in [2.24, 2.45) is 5.92 Å². The van der Waals surface area contributed by atoms with Gasteiger partial charge >= 0.3 is 0 Å². The first kappa shape index (κ1) is 17.4. The molecule has 0 aliphatic carbocycles. The minimum atomic E-state index is -0.0930. The lowest BCUT2D eigenvalue weighted by atomic mass is 9.99. The monoisotopic (exact) mass is 381 g/mol. The van der Waals surface area contributed by atoms with Gasteiger partial charge < -0.3 is 20.8 Å². The average Bonchev–Trinajstić information content (AvgIpc) is 3.28. The second kappa shape index (κ2) is 6.59. The number of hydrogen-bond acceptors (Lipinski definition) is 7. The minimum absolute atomic E-state index is 0.0930. The molecule has 0 radical (unpaired) electrons. The molecule has 3 aromatic heterocycles. The van der Waals surface area contributed by atoms with E-state index >= 15 is 0 Å². The Morgan fingerprint density at radius 1 is 1.48 bits per heavy atom. The molecule has 8 heteroatoms. The van der Waals surface area contributed by atoms with Crippen molar-refractivity contribution >= 4 is 39.0 Å². The molecule has 1 fully saturated rings. The second-order valence-corrected chi connectivity index (χ2v) is 7.86. The van der Waals surface area contributed by atoms with Crippen LogP contribution >= 0.6 is 11.3 Å². The van der Waals surface area contributed by atoms with E-state index in [9.17, 15) is 10.1 Å². The van der Waals surface area contributed by atoms with E-state index in [0.717, 1.165) is 25.9 Å². The Bertz CT molecular complexity index is 1060. The first-order valence-electron chi connectivity index (χ1n) is 8.76. The van der Waals surface area contributed by atoms with Crippen molar-refractivity contribution < 1.29 is 9.21 Å².